The molecule has 1 fully saturated rings. The van der Waals surface area contributed by atoms with Crippen LogP contribution in [0.2, 0.25) is 0 Å². The minimum absolute atomic E-state index is 0.285. The summed E-state index contributed by atoms with van der Waals surface area (Å²) in [4.78, 5) is 2.40. The lowest BCUT2D eigenvalue weighted by Gasteiger charge is -2.34. The van der Waals surface area contributed by atoms with Gasteiger partial charge in [-0.25, -0.2) is 0 Å². The molecule has 0 aromatic carbocycles. The van der Waals surface area contributed by atoms with Gasteiger partial charge < -0.3 is 4.90 Å². The fourth-order valence-electron chi connectivity index (χ4n) is 1.54. The molecule has 0 bridgehead atoms. The third-order valence-corrected chi connectivity index (χ3v) is 2.04. The van der Waals surface area contributed by atoms with Crippen LogP contribution in [0.3, 0.4) is 0 Å². The third kappa shape index (κ3) is 1.34. The SMILES string of the molecule is C=C1CCCN1C(C)(C)C. The van der Waals surface area contributed by atoms with E-state index < -0.39 is 0 Å². The Morgan fingerprint density at radius 1 is 1.40 bits per heavy atom. The molecule has 0 aliphatic carbocycles. The predicted molar refractivity (Wildman–Crippen MR) is 44.8 cm³/mol. The fourth-order valence-corrected chi connectivity index (χ4v) is 1.54. The van der Waals surface area contributed by atoms with E-state index in [1.54, 1.807) is 0 Å². The smallest absolute Gasteiger partial charge is 0.0314 e. The first-order chi connectivity index (χ1) is 4.52. The predicted octanol–water partition coefficient (Wildman–Crippen LogP) is 2.39. The molecule has 58 valence electrons. The lowest BCUT2D eigenvalue weighted by Crippen LogP contribution is -2.37. The Hall–Kier alpha value is -0.460. The summed E-state index contributed by atoms with van der Waals surface area (Å²) in [5.41, 5.74) is 1.60. The largest absolute Gasteiger partial charge is 0.370 e. The van der Waals surface area contributed by atoms with Crippen molar-refractivity contribution in [3.8, 4) is 0 Å². The standard InChI is InChI=1S/C9H17N/c1-8-6-5-7-10(8)9(2,3)4/h1,5-7H2,2-4H3. The average molecular weight is 139 g/mol. The van der Waals surface area contributed by atoms with Crippen LogP contribution in [0, 0.1) is 0 Å². The third-order valence-electron chi connectivity index (χ3n) is 2.04. The van der Waals surface area contributed by atoms with Crippen molar-refractivity contribution in [3.05, 3.63) is 12.3 Å². The molecule has 1 saturated heterocycles. The van der Waals surface area contributed by atoms with E-state index in [4.69, 9.17) is 0 Å². The molecular weight excluding hydrogens is 122 g/mol. The van der Waals surface area contributed by atoms with Crippen molar-refractivity contribution in [2.75, 3.05) is 6.54 Å². The summed E-state index contributed by atoms with van der Waals surface area (Å²) in [5.74, 6) is 0. The zero-order valence-corrected chi connectivity index (χ0v) is 7.28. The second-order valence-electron chi connectivity index (χ2n) is 3.99. The quantitative estimate of drug-likeness (QED) is 0.498. The molecule has 0 aromatic rings. The van der Waals surface area contributed by atoms with Gasteiger partial charge in [-0.15, -0.1) is 0 Å². The van der Waals surface area contributed by atoms with E-state index in [-0.39, 0.29) is 5.54 Å². The highest BCUT2D eigenvalue weighted by Gasteiger charge is 2.25. The highest BCUT2D eigenvalue weighted by atomic mass is 15.2. The van der Waals surface area contributed by atoms with Gasteiger partial charge in [0.2, 0.25) is 0 Å². The van der Waals surface area contributed by atoms with Crippen LogP contribution in [0.5, 0.6) is 0 Å². The van der Waals surface area contributed by atoms with E-state index >= 15 is 0 Å². The minimum atomic E-state index is 0.285. The van der Waals surface area contributed by atoms with E-state index in [1.165, 1.54) is 25.1 Å². The molecule has 1 aliphatic heterocycles. The highest BCUT2D eigenvalue weighted by molar-refractivity contribution is 5.04. The first-order valence-electron chi connectivity index (χ1n) is 3.97. The molecule has 0 radical (unpaired) electrons. The van der Waals surface area contributed by atoms with E-state index in [0.717, 1.165) is 0 Å². The molecule has 0 unspecified atom stereocenters. The number of hydrogen-bond acceptors (Lipinski definition) is 1. The van der Waals surface area contributed by atoms with Gasteiger partial charge in [0.1, 0.15) is 0 Å². The van der Waals surface area contributed by atoms with Crippen molar-refractivity contribution in [2.24, 2.45) is 0 Å². The number of hydrogen-bond donors (Lipinski definition) is 0. The van der Waals surface area contributed by atoms with Gasteiger partial charge in [-0.1, -0.05) is 6.58 Å². The van der Waals surface area contributed by atoms with Crippen molar-refractivity contribution < 1.29 is 0 Å². The maximum absolute atomic E-state index is 4.03. The summed E-state index contributed by atoms with van der Waals surface area (Å²) < 4.78 is 0. The Labute approximate surface area is 63.7 Å². The number of allylic oxidation sites excluding steroid dienone is 1. The van der Waals surface area contributed by atoms with Crippen LogP contribution < -0.4 is 0 Å². The van der Waals surface area contributed by atoms with Crippen LogP contribution in [0.15, 0.2) is 12.3 Å². The summed E-state index contributed by atoms with van der Waals surface area (Å²) in [6.07, 6.45) is 2.48. The second-order valence-corrected chi connectivity index (χ2v) is 3.99. The molecule has 1 heteroatoms. The van der Waals surface area contributed by atoms with Crippen molar-refractivity contribution in [3.63, 3.8) is 0 Å². The van der Waals surface area contributed by atoms with Gasteiger partial charge in [-0.05, 0) is 33.6 Å². The molecule has 1 rings (SSSR count). The second kappa shape index (κ2) is 2.30. The highest BCUT2D eigenvalue weighted by Crippen LogP contribution is 2.27. The Morgan fingerprint density at radius 2 is 2.00 bits per heavy atom. The normalized spacial score (nSPS) is 20.3. The van der Waals surface area contributed by atoms with Crippen LogP contribution in [-0.4, -0.2) is 17.0 Å². The summed E-state index contributed by atoms with van der Waals surface area (Å²) >= 11 is 0. The molecule has 0 amide bonds. The van der Waals surface area contributed by atoms with Crippen molar-refractivity contribution in [2.45, 2.75) is 39.2 Å². The first kappa shape index (κ1) is 7.64. The number of nitrogens with zero attached hydrogens (tertiary/aromatic N) is 1. The Bertz CT molecular complexity index is 141. The van der Waals surface area contributed by atoms with Gasteiger partial charge in [0.05, 0.1) is 0 Å². The van der Waals surface area contributed by atoms with Crippen molar-refractivity contribution >= 4 is 0 Å². The van der Waals surface area contributed by atoms with Gasteiger partial charge in [-0.2, -0.15) is 0 Å². The summed E-state index contributed by atoms with van der Waals surface area (Å²) in [7, 11) is 0. The minimum Gasteiger partial charge on any atom is -0.370 e. The topological polar surface area (TPSA) is 3.24 Å². The van der Waals surface area contributed by atoms with Gasteiger partial charge in [-0.3, -0.25) is 0 Å². The molecule has 0 spiro atoms. The fraction of sp³-hybridized carbons (Fsp3) is 0.778. The molecule has 1 heterocycles. The van der Waals surface area contributed by atoms with Crippen LogP contribution in [0.25, 0.3) is 0 Å². The van der Waals surface area contributed by atoms with E-state index in [9.17, 15) is 0 Å². The summed E-state index contributed by atoms with van der Waals surface area (Å²) in [6.45, 7) is 11.9. The molecular formula is C9H17N. The van der Waals surface area contributed by atoms with Crippen molar-refractivity contribution in [1.82, 2.24) is 4.90 Å². The molecule has 0 atom stereocenters. The van der Waals surface area contributed by atoms with Crippen LogP contribution in [-0.2, 0) is 0 Å². The van der Waals surface area contributed by atoms with Crippen molar-refractivity contribution in [1.29, 1.82) is 0 Å². The van der Waals surface area contributed by atoms with E-state index in [1.807, 2.05) is 0 Å². The molecule has 0 N–H and O–H groups in total. The van der Waals surface area contributed by atoms with E-state index in [0.29, 0.717) is 0 Å². The molecule has 1 nitrogen and oxygen atoms in total. The maximum Gasteiger partial charge on any atom is 0.0314 e. The Morgan fingerprint density at radius 3 is 2.20 bits per heavy atom. The molecule has 0 saturated carbocycles. The average Bonchev–Trinajstić information content (AvgIpc) is 2.11. The van der Waals surface area contributed by atoms with Gasteiger partial charge in [0.15, 0.2) is 0 Å². The molecule has 10 heavy (non-hydrogen) atoms. The summed E-state index contributed by atoms with van der Waals surface area (Å²) in [6, 6.07) is 0. The monoisotopic (exact) mass is 139 g/mol. The van der Waals surface area contributed by atoms with Gasteiger partial charge >= 0.3 is 0 Å². The van der Waals surface area contributed by atoms with Crippen LogP contribution >= 0.6 is 0 Å². The first-order valence-corrected chi connectivity index (χ1v) is 3.97. The Balaban J connectivity index is 2.64. The van der Waals surface area contributed by atoms with Gasteiger partial charge in [0.25, 0.3) is 0 Å². The zero-order valence-electron chi connectivity index (χ0n) is 7.28. The Kier molecular flexibility index (Phi) is 1.76. The number of rotatable bonds is 0. The summed E-state index contributed by atoms with van der Waals surface area (Å²) in [5, 5.41) is 0. The lowest BCUT2D eigenvalue weighted by atomic mass is 10.1. The maximum atomic E-state index is 4.03. The zero-order chi connectivity index (χ0) is 7.78. The number of likely N-dealkylation sites (tertiary alicyclic amines) is 1. The molecule has 1 aliphatic rings. The molecule has 0 aromatic heterocycles. The van der Waals surface area contributed by atoms with Crippen LogP contribution in [0.4, 0.5) is 0 Å². The van der Waals surface area contributed by atoms with Crippen LogP contribution in [0.1, 0.15) is 33.6 Å². The lowest BCUT2D eigenvalue weighted by molar-refractivity contribution is 0.213. The van der Waals surface area contributed by atoms with Gasteiger partial charge in [0, 0.05) is 17.8 Å². The van der Waals surface area contributed by atoms with E-state index in [2.05, 4.69) is 32.3 Å².